The van der Waals surface area contributed by atoms with E-state index in [-0.39, 0.29) is 5.92 Å². The molecule has 0 amide bonds. The molecule has 2 rings (SSSR count). The highest BCUT2D eigenvalue weighted by atomic mass is 16.4. The van der Waals surface area contributed by atoms with E-state index in [1.165, 1.54) is 5.56 Å². The number of benzene rings is 1. The number of carbonyl (C=O) groups is 1. The highest BCUT2D eigenvalue weighted by Gasteiger charge is 2.30. The van der Waals surface area contributed by atoms with Gasteiger partial charge in [0.1, 0.15) is 6.04 Å². The van der Waals surface area contributed by atoms with Crippen molar-refractivity contribution in [1.29, 1.82) is 0 Å². The van der Waals surface area contributed by atoms with Crippen LogP contribution < -0.4 is 5.32 Å². The van der Waals surface area contributed by atoms with E-state index in [1.54, 1.807) is 0 Å². The van der Waals surface area contributed by atoms with Crippen molar-refractivity contribution < 1.29 is 9.90 Å². The van der Waals surface area contributed by atoms with Crippen molar-refractivity contribution in [1.82, 2.24) is 0 Å². The van der Waals surface area contributed by atoms with Crippen molar-refractivity contribution in [3.8, 4) is 0 Å². The van der Waals surface area contributed by atoms with Gasteiger partial charge >= 0.3 is 5.97 Å². The fourth-order valence-corrected chi connectivity index (χ4v) is 2.50. The molecular formula is C14H19NO2. The van der Waals surface area contributed by atoms with Crippen molar-refractivity contribution in [2.24, 2.45) is 5.92 Å². The molecule has 1 aromatic carbocycles. The fraction of sp³-hybridized carbons (Fsp3) is 0.500. The second kappa shape index (κ2) is 5.21. The van der Waals surface area contributed by atoms with E-state index < -0.39 is 12.0 Å². The summed E-state index contributed by atoms with van der Waals surface area (Å²) >= 11 is 0. The van der Waals surface area contributed by atoms with Gasteiger partial charge in [-0.3, -0.25) is 0 Å². The number of rotatable bonds is 4. The summed E-state index contributed by atoms with van der Waals surface area (Å²) in [4.78, 5) is 11.3. The van der Waals surface area contributed by atoms with Gasteiger partial charge in [0.15, 0.2) is 0 Å². The van der Waals surface area contributed by atoms with Crippen LogP contribution in [0.2, 0.25) is 0 Å². The molecule has 0 aliphatic heterocycles. The average molecular weight is 233 g/mol. The van der Waals surface area contributed by atoms with Crippen LogP contribution in [0.4, 0.5) is 5.69 Å². The third-order valence-corrected chi connectivity index (χ3v) is 3.51. The molecular weight excluding hydrogens is 214 g/mol. The minimum Gasteiger partial charge on any atom is -0.480 e. The largest absolute Gasteiger partial charge is 0.480 e. The maximum Gasteiger partial charge on any atom is 0.326 e. The maximum atomic E-state index is 11.3. The van der Waals surface area contributed by atoms with Gasteiger partial charge in [-0.1, -0.05) is 30.5 Å². The first-order valence-electron chi connectivity index (χ1n) is 6.23. The molecule has 1 aromatic rings. The van der Waals surface area contributed by atoms with Gasteiger partial charge in [0.25, 0.3) is 0 Å². The smallest absolute Gasteiger partial charge is 0.326 e. The predicted octanol–water partition coefficient (Wildman–Crippen LogP) is 3.05. The first kappa shape index (κ1) is 12.0. The molecule has 17 heavy (non-hydrogen) atoms. The van der Waals surface area contributed by atoms with Crippen molar-refractivity contribution in [3.05, 3.63) is 29.8 Å². The number of hydrogen-bond donors (Lipinski definition) is 2. The lowest BCUT2D eigenvalue weighted by molar-refractivity contribution is -0.139. The molecule has 1 unspecified atom stereocenters. The fourth-order valence-electron chi connectivity index (χ4n) is 2.50. The third-order valence-electron chi connectivity index (χ3n) is 3.51. The molecule has 2 N–H and O–H groups in total. The highest BCUT2D eigenvalue weighted by Crippen LogP contribution is 2.29. The van der Waals surface area contributed by atoms with Gasteiger partial charge in [0, 0.05) is 5.69 Å². The molecule has 1 fully saturated rings. The Kier molecular flexibility index (Phi) is 3.67. The van der Waals surface area contributed by atoms with E-state index in [1.807, 2.05) is 31.2 Å². The summed E-state index contributed by atoms with van der Waals surface area (Å²) in [7, 11) is 0. The molecule has 0 bridgehead atoms. The van der Waals surface area contributed by atoms with Crippen molar-refractivity contribution in [2.75, 3.05) is 5.32 Å². The Morgan fingerprint density at radius 3 is 2.41 bits per heavy atom. The Morgan fingerprint density at radius 2 is 1.88 bits per heavy atom. The number of hydrogen-bond acceptors (Lipinski definition) is 2. The standard InChI is InChI=1S/C14H19NO2/c1-10-6-8-12(9-7-10)15-13(14(16)17)11-4-2-3-5-11/h6-9,11,13,15H,2-5H2,1H3,(H,16,17). The van der Waals surface area contributed by atoms with Crippen LogP contribution in [0.25, 0.3) is 0 Å². The molecule has 1 aliphatic carbocycles. The Hall–Kier alpha value is -1.51. The van der Waals surface area contributed by atoms with E-state index in [9.17, 15) is 9.90 Å². The minimum atomic E-state index is -0.738. The van der Waals surface area contributed by atoms with E-state index in [0.29, 0.717) is 0 Å². The van der Waals surface area contributed by atoms with E-state index in [0.717, 1.165) is 31.4 Å². The molecule has 92 valence electrons. The van der Waals surface area contributed by atoms with Crippen molar-refractivity contribution >= 4 is 11.7 Å². The van der Waals surface area contributed by atoms with Crippen LogP contribution in [0.5, 0.6) is 0 Å². The normalized spacial score (nSPS) is 17.9. The Balaban J connectivity index is 2.06. The van der Waals surface area contributed by atoms with Gasteiger partial charge in [0.2, 0.25) is 0 Å². The first-order valence-corrected chi connectivity index (χ1v) is 6.23. The zero-order valence-corrected chi connectivity index (χ0v) is 10.1. The summed E-state index contributed by atoms with van der Waals surface area (Å²) in [5.41, 5.74) is 2.08. The Bertz CT molecular complexity index is 380. The van der Waals surface area contributed by atoms with Crippen LogP contribution in [0, 0.1) is 12.8 Å². The summed E-state index contributed by atoms with van der Waals surface area (Å²) in [5, 5.41) is 12.4. The first-order chi connectivity index (χ1) is 8.16. The van der Waals surface area contributed by atoms with Gasteiger partial charge in [-0.25, -0.2) is 4.79 Å². The molecule has 3 nitrogen and oxygen atoms in total. The third kappa shape index (κ3) is 2.99. The second-order valence-corrected chi connectivity index (χ2v) is 4.87. The quantitative estimate of drug-likeness (QED) is 0.840. The molecule has 0 saturated heterocycles. The summed E-state index contributed by atoms with van der Waals surface area (Å²) in [6.07, 6.45) is 4.36. The van der Waals surface area contributed by atoms with Gasteiger partial charge < -0.3 is 10.4 Å². The van der Waals surface area contributed by atoms with Gasteiger partial charge in [-0.2, -0.15) is 0 Å². The van der Waals surface area contributed by atoms with E-state index in [2.05, 4.69) is 5.32 Å². The summed E-state index contributed by atoms with van der Waals surface area (Å²) < 4.78 is 0. The highest BCUT2D eigenvalue weighted by molar-refractivity contribution is 5.77. The van der Waals surface area contributed by atoms with Crippen molar-refractivity contribution in [2.45, 2.75) is 38.6 Å². The topological polar surface area (TPSA) is 49.3 Å². The zero-order chi connectivity index (χ0) is 12.3. The summed E-state index contributed by atoms with van der Waals surface area (Å²) in [5.74, 6) is -0.466. The Labute approximate surface area is 102 Å². The zero-order valence-electron chi connectivity index (χ0n) is 10.1. The minimum absolute atomic E-state index is 0.272. The van der Waals surface area contributed by atoms with Crippen LogP contribution >= 0.6 is 0 Å². The van der Waals surface area contributed by atoms with Crippen molar-refractivity contribution in [3.63, 3.8) is 0 Å². The van der Waals surface area contributed by atoms with Crippen LogP contribution in [-0.2, 0) is 4.79 Å². The van der Waals surface area contributed by atoms with Gasteiger partial charge in [0.05, 0.1) is 0 Å². The van der Waals surface area contributed by atoms with Crippen LogP contribution in [-0.4, -0.2) is 17.1 Å². The maximum absolute atomic E-state index is 11.3. The second-order valence-electron chi connectivity index (χ2n) is 4.87. The molecule has 3 heteroatoms. The molecule has 1 saturated carbocycles. The Morgan fingerprint density at radius 1 is 1.29 bits per heavy atom. The molecule has 0 radical (unpaired) electrons. The summed E-state index contributed by atoms with van der Waals surface area (Å²) in [6, 6.07) is 7.44. The van der Waals surface area contributed by atoms with Crippen LogP contribution in [0.3, 0.4) is 0 Å². The molecule has 0 heterocycles. The predicted molar refractivity (Wildman–Crippen MR) is 68.2 cm³/mol. The van der Waals surface area contributed by atoms with E-state index >= 15 is 0 Å². The number of carboxylic acids is 1. The lowest BCUT2D eigenvalue weighted by Gasteiger charge is -2.21. The van der Waals surface area contributed by atoms with E-state index in [4.69, 9.17) is 0 Å². The lowest BCUT2D eigenvalue weighted by atomic mass is 9.98. The molecule has 1 aliphatic rings. The SMILES string of the molecule is Cc1ccc(NC(C(=O)O)C2CCCC2)cc1. The van der Waals surface area contributed by atoms with Gasteiger partial charge in [-0.15, -0.1) is 0 Å². The number of aliphatic carboxylic acids is 1. The monoisotopic (exact) mass is 233 g/mol. The number of nitrogens with one attached hydrogen (secondary N) is 1. The number of anilines is 1. The summed E-state index contributed by atoms with van der Waals surface area (Å²) in [6.45, 7) is 2.02. The average Bonchev–Trinajstić information content (AvgIpc) is 2.81. The molecule has 1 atom stereocenters. The van der Waals surface area contributed by atoms with Crippen LogP contribution in [0.15, 0.2) is 24.3 Å². The number of aryl methyl sites for hydroxylation is 1. The molecule has 0 spiro atoms. The number of carboxylic acid groups (broad SMARTS) is 1. The van der Waals surface area contributed by atoms with Gasteiger partial charge in [-0.05, 0) is 37.8 Å². The lowest BCUT2D eigenvalue weighted by Crippen LogP contribution is -2.35. The molecule has 0 aromatic heterocycles. The van der Waals surface area contributed by atoms with Crippen LogP contribution in [0.1, 0.15) is 31.2 Å².